The lowest BCUT2D eigenvalue weighted by atomic mass is 10.1. The first-order valence-electron chi connectivity index (χ1n) is 7.98. The van der Waals surface area contributed by atoms with Crippen LogP contribution >= 0.6 is 0 Å². The molecule has 2 saturated heterocycles. The molecule has 0 aromatic rings. The van der Waals surface area contributed by atoms with Crippen LogP contribution in [-0.2, 0) is 4.79 Å². The standard InChI is InChI=1S/C15H29N3O/c1-4-7-14-16-13(5-2)15(19)18(14)11-12-8-9-17(6-3)10-12/h12-14,16H,4-11H2,1-3H3. The van der Waals surface area contributed by atoms with Crippen LogP contribution in [0.4, 0.5) is 0 Å². The van der Waals surface area contributed by atoms with Gasteiger partial charge in [-0.15, -0.1) is 0 Å². The molecule has 2 fully saturated rings. The van der Waals surface area contributed by atoms with Gasteiger partial charge in [0, 0.05) is 13.1 Å². The topological polar surface area (TPSA) is 35.6 Å². The zero-order valence-electron chi connectivity index (χ0n) is 12.7. The minimum atomic E-state index is 0.0558. The quantitative estimate of drug-likeness (QED) is 0.795. The van der Waals surface area contributed by atoms with Gasteiger partial charge in [-0.05, 0) is 38.3 Å². The largest absolute Gasteiger partial charge is 0.325 e. The molecule has 0 radical (unpaired) electrons. The number of carbonyl (C=O) groups excluding carboxylic acids is 1. The Hall–Kier alpha value is -0.610. The van der Waals surface area contributed by atoms with Crippen molar-refractivity contribution in [2.75, 3.05) is 26.2 Å². The minimum Gasteiger partial charge on any atom is -0.325 e. The van der Waals surface area contributed by atoms with Gasteiger partial charge in [0.05, 0.1) is 12.2 Å². The Balaban J connectivity index is 1.94. The Bertz CT molecular complexity index is 308. The fourth-order valence-electron chi connectivity index (χ4n) is 3.40. The van der Waals surface area contributed by atoms with Gasteiger partial charge in [-0.3, -0.25) is 10.1 Å². The van der Waals surface area contributed by atoms with Gasteiger partial charge in [0.15, 0.2) is 0 Å². The second kappa shape index (κ2) is 6.71. The van der Waals surface area contributed by atoms with Crippen molar-refractivity contribution < 1.29 is 4.79 Å². The fourth-order valence-corrected chi connectivity index (χ4v) is 3.40. The van der Waals surface area contributed by atoms with Crippen LogP contribution in [0.15, 0.2) is 0 Å². The second-order valence-corrected chi connectivity index (χ2v) is 5.97. The zero-order chi connectivity index (χ0) is 13.8. The highest BCUT2D eigenvalue weighted by molar-refractivity contribution is 5.84. The molecular formula is C15H29N3O. The molecule has 0 saturated carbocycles. The van der Waals surface area contributed by atoms with Crippen molar-refractivity contribution in [1.82, 2.24) is 15.1 Å². The Morgan fingerprint density at radius 3 is 2.68 bits per heavy atom. The molecule has 3 atom stereocenters. The Labute approximate surface area is 117 Å². The molecule has 2 aliphatic heterocycles. The summed E-state index contributed by atoms with van der Waals surface area (Å²) in [6.45, 7) is 11.0. The SMILES string of the molecule is CCCC1NC(CC)C(=O)N1CC1CCN(CC)C1. The Morgan fingerprint density at radius 2 is 2.11 bits per heavy atom. The lowest BCUT2D eigenvalue weighted by molar-refractivity contribution is -0.130. The van der Waals surface area contributed by atoms with E-state index in [2.05, 4.69) is 35.9 Å². The van der Waals surface area contributed by atoms with Gasteiger partial charge in [0.2, 0.25) is 5.91 Å². The van der Waals surface area contributed by atoms with Crippen LogP contribution in [0.3, 0.4) is 0 Å². The van der Waals surface area contributed by atoms with Gasteiger partial charge >= 0.3 is 0 Å². The van der Waals surface area contributed by atoms with Crippen molar-refractivity contribution in [3.8, 4) is 0 Å². The van der Waals surface area contributed by atoms with Crippen LogP contribution in [-0.4, -0.2) is 54.1 Å². The predicted octanol–water partition coefficient (Wildman–Crippen LogP) is 1.66. The van der Waals surface area contributed by atoms with Crippen molar-refractivity contribution in [2.24, 2.45) is 5.92 Å². The van der Waals surface area contributed by atoms with E-state index in [1.54, 1.807) is 0 Å². The van der Waals surface area contributed by atoms with Crippen molar-refractivity contribution in [1.29, 1.82) is 0 Å². The summed E-state index contributed by atoms with van der Waals surface area (Å²) in [5.74, 6) is 0.997. The average molecular weight is 267 g/mol. The number of rotatable bonds is 6. The number of nitrogens with one attached hydrogen (secondary N) is 1. The van der Waals surface area contributed by atoms with Gasteiger partial charge in [0.25, 0.3) is 0 Å². The van der Waals surface area contributed by atoms with Crippen molar-refractivity contribution in [3.63, 3.8) is 0 Å². The second-order valence-electron chi connectivity index (χ2n) is 5.97. The molecule has 0 bridgehead atoms. The van der Waals surface area contributed by atoms with Gasteiger partial charge in [-0.1, -0.05) is 27.2 Å². The summed E-state index contributed by atoms with van der Waals surface area (Å²) in [5.41, 5.74) is 0. The maximum absolute atomic E-state index is 12.4. The number of hydrogen-bond donors (Lipinski definition) is 1. The first-order valence-corrected chi connectivity index (χ1v) is 7.98. The molecule has 4 heteroatoms. The zero-order valence-corrected chi connectivity index (χ0v) is 12.7. The van der Waals surface area contributed by atoms with Crippen LogP contribution in [0.25, 0.3) is 0 Å². The number of carbonyl (C=O) groups is 1. The van der Waals surface area contributed by atoms with E-state index in [9.17, 15) is 4.79 Å². The summed E-state index contributed by atoms with van der Waals surface area (Å²) < 4.78 is 0. The number of amides is 1. The molecule has 19 heavy (non-hydrogen) atoms. The molecule has 0 aromatic heterocycles. The van der Waals surface area contributed by atoms with E-state index in [-0.39, 0.29) is 12.2 Å². The van der Waals surface area contributed by atoms with E-state index >= 15 is 0 Å². The van der Waals surface area contributed by atoms with Crippen LogP contribution in [0.2, 0.25) is 0 Å². The van der Waals surface area contributed by atoms with Crippen molar-refractivity contribution in [2.45, 2.75) is 58.7 Å². The lowest BCUT2D eigenvalue weighted by Gasteiger charge is -2.27. The highest BCUT2D eigenvalue weighted by Gasteiger charge is 2.38. The van der Waals surface area contributed by atoms with Gasteiger partial charge < -0.3 is 9.80 Å². The van der Waals surface area contributed by atoms with Crippen LogP contribution in [0, 0.1) is 5.92 Å². The maximum Gasteiger partial charge on any atom is 0.241 e. The summed E-state index contributed by atoms with van der Waals surface area (Å²) in [5, 5.41) is 3.50. The highest BCUT2D eigenvalue weighted by atomic mass is 16.2. The normalized spacial score (nSPS) is 32.5. The molecule has 3 unspecified atom stereocenters. The third-order valence-electron chi connectivity index (χ3n) is 4.59. The van der Waals surface area contributed by atoms with E-state index in [4.69, 9.17) is 0 Å². The molecule has 2 aliphatic rings. The summed E-state index contributed by atoms with van der Waals surface area (Å²) in [7, 11) is 0. The minimum absolute atomic E-state index is 0.0558. The van der Waals surface area contributed by atoms with Crippen LogP contribution in [0.1, 0.15) is 46.5 Å². The summed E-state index contributed by atoms with van der Waals surface area (Å²) in [4.78, 5) is 17.0. The number of hydrogen-bond acceptors (Lipinski definition) is 3. The van der Waals surface area contributed by atoms with E-state index in [1.807, 2.05) is 0 Å². The van der Waals surface area contributed by atoms with E-state index < -0.39 is 0 Å². The summed E-state index contributed by atoms with van der Waals surface area (Å²) in [6.07, 6.45) is 4.63. The monoisotopic (exact) mass is 267 g/mol. The molecule has 1 amide bonds. The summed E-state index contributed by atoms with van der Waals surface area (Å²) >= 11 is 0. The fraction of sp³-hybridized carbons (Fsp3) is 0.933. The van der Waals surface area contributed by atoms with Crippen LogP contribution < -0.4 is 5.32 Å². The molecule has 2 rings (SSSR count). The van der Waals surface area contributed by atoms with Gasteiger partial charge in [-0.2, -0.15) is 0 Å². The molecular weight excluding hydrogens is 238 g/mol. The first-order chi connectivity index (χ1) is 9.19. The average Bonchev–Trinajstić information content (AvgIpc) is 2.98. The molecule has 1 N–H and O–H groups in total. The third-order valence-corrected chi connectivity index (χ3v) is 4.59. The highest BCUT2D eigenvalue weighted by Crippen LogP contribution is 2.23. The number of likely N-dealkylation sites (tertiary alicyclic amines) is 1. The molecule has 0 aliphatic carbocycles. The third kappa shape index (κ3) is 3.29. The molecule has 110 valence electrons. The Morgan fingerprint density at radius 1 is 1.32 bits per heavy atom. The first kappa shape index (κ1) is 14.8. The maximum atomic E-state index is 12.4. The van der Waals surface area contributed by atoms with Crippen molar-refractivity contribution in [3.05, 3.63) is 0 Å². The predicted molar refractivity (Wildman–Crippen MR) is 77.8 cm³/mol. The molecule has 2 heterocycles. The van der Waals surface area contributed by atoms with E-state index in [0.29, 0.717) is 11.8 Å². The number of nitrogens with zero attached hydrogens (tertiary/aromatic N) is 2. The van der Waals surface area contributed by atoms with Crippen LogP contribution in [0.5, 0.6) is 0 Å². The van der Waals surface area contributed by atoms with Gasteiger partial charge in [0.1, 0.15) is 0 Å². The van der Waals surface area contributed by atoms with Crippen molar-refractivity contribution >= 4 is 5.91 Å². The van der Waals surface area contributed by atoms with E-state index in [1.165, 1.54) is 13.0 Å². The molecule has 0 spiro atoms. The lowest BCUT2D eigenvalue weighted by Crippen LogP contribution is -2.40. The Kier molecular flexibility index (Phi) is 5.22. The molecule has 0 aromatic carbocycles. The summed E-state index contributed by atoms with van der Waals surface area (Å²) in [6, 6.07) is 0.0558. The molecule has 4 nitrogen and oxygen atoms in total. The smallest absolute Gasteiger partial charge is 0.241 e. The van der Waals surface area contributed by atoms with Gasteiger partial charge in [-0.25, -0.2) is 0 Å². The van der Waals surface area contributed by atoms with E-state index in [0.717, 1.165) is 38.9 Å².